The molecule has 1 aliphatic heterocycles. The van der Waals surface area contributed by atoms with Gasteiger partial charge in [0, 0.05) is 18.4 Å². The molecule has 2 aliphatic rings. The molecule has 21 heavy (non-hydrogen) atoms. The number of allylic oxidation sites excluding steroid dienone is 1. The molecule has 0 N–H and O–H groups in total. The van der Waals surface area contributed by atoms with E-state index in [1.165, 1.54) is 0 Å². The minimum absolute atomic E-state index is 0. The Hall–Kier alpha value is 1.61. The van der Waals surface area contributed by atoms with E-state index in [0.29, 0.717) is 38.2 Å². The topological polar surface area (TPSA) is 62.3 Å². The molecule has 0 unspecified atom stereocenters. The van der Waals surface area contributed by atoms with Crippen molar-refractivity contribution in [3.05, 3.63) is 36.9 Å². The Labute approximate surface area is 164 Å². The summed E-state index contributed by atoms with van der Waals surface area (Å²) in [4.78, 5) is 22.8. The summed E-state index contributed by atoms with van der Waals surface area (Å²) in [5.74, 6) is 0.232. The number of ketones is 2. The zero-order valence-electron chi connectivity index (χ0n) is 11.8. The second kappa shape index (κ2) is 18.0. The van der Waals surface area contributed by atoms with Crippen molar-refractivity contribution in [2.45, 2.75) is 19.3 Å². The fourth-order valence-electron chi connectivity index (χ4n) is 1.58. The van der Waals surface area contributed by atoms with Gasteiger partial charge in [0.05, 0.1) is 0 Å². The SMILES string of the molecule is O=C1CCCC(=O)C1=C1[N-]CC[N-]1.[CH3-].[CH3-].[Cl][Zr+2][Cl].[Cl][Zr+2][Cl]. The second-order valence-electron chi connectivity index (χ2n) is 3.30. The van der Waals surface area contributed by atoms with E-state index in [1.54, 1.807) is 0 Å². The summed E-state index contributed by atoms with van der Waals surface area (Å²) in [5, 5.41) is 8.06. The van der Waals surface area contributed by atoms with Crippen LogP contribution in [-0.4, -0.2) is 24.7 Å². The van der Waals surface area contributed by atoms with E-state index in [-0.39, 0.29) is 32.0 Å². The summed E-state index contributed by atoms with van der Waals surface area (Å²) in [6.07, 6.45) is 1.61. The summed E-state index contributed by atoms with van der Waals surface area (Å²) in [6.45, 7) is 1.22. The maximum absolute atomic E-state index is 11.4. The van der Waals surface area contributed by atoms with E-state index in [0.717, 1.165) is 0 Å². The van der Waals surface area contributed by atoms with Crippen molar-refractivity contribution in [1.82, 2.24) is 0 Å². The van der Waals surface area contributed by atoms with Gasteiger partial charge in [-0.25, -0.2) is 0 Å². The number of hydrogen-bond acceptors (Lipinski definition) is 2. The van der Waals surface area contributed by atoms with Crippen molar-refractivity contribution >= 4 is 45.6 Å². The van der Waals surface area contributed by atoms with Crippen LogP contribution in [0, 0.1) is 14.9 Å². The Morgan fingerprint density at radius 2 is 1.14 bits per heavy atom. The van der Waals surface area contributed by atoms with Crippen molar-refractivity contribution < 1.29 is 51.3 Å². The van der Waals surface area contributed by atoms with Gasteiger partial charge in [-0.15, -0.1) is 13.1 Å². The molecule has 0 amide bonds. The molecule has 118 valence electrons. The van der Waals surface area contributed by atoms with Gasteiger partial charge in [0.1, 0.15) is 0 Å². The van der Waals surface area contributed by atoms with Crippen molar-refractivity contribution in [2.24, 2.45) is 0 Å². The molecule has 1 heterocycles. The molecule has 0 atom stereocenters. The van der Waals surface area contributed by atoms with Crippen LogP contribution in [0.5, 0.6) is 0 Å². The quantitative estimate of drug-likeness (QED) is 0.252. The predicted molar refractivity (Wildman–Crippen MR) is 83.6 cm³/mol. The first-order valence-corrected chi connectivity index (χ1v) is 17.9. The third-order valence-electron chi connectivity index (χ3n) is 2.21. The summed E-state index contributed by atoms with van der Waals surface area (Å²) < 4.78 is 0. The molecule has 0 bridgehead atoms. The number of hydrogen-bond donors (Lipinski definition) is 0. The number of carbonyl (C=O) groups is 2. The van der Waals surface area contributed by atoms with E-state index in [1.807, 2.05) is 0 Å². The van der Waals surface area contributed by atoms with E-state index in [2.05, 4.69) is 10.6 Å². The fourth-order valence-corrected chi connectivity index (χ4v) is 1.58. The monoisotopic (exact) mass is 528 g/mol. The number of halogens is 4. The van der Waals surface area contributed by atoms with Crippen LogP contribution in [0.15, 0.2) is 11.4 Å². The number of carbonyl (C=O) groups excluding carboxylic acids is 2. The predicted octanol–water partition coefficient (Wildman–Crippen LogP) is 4.93. The van der Waals surface area contributed by atoms with Gasteiger partial charge >= 0.3 is 75.7 Å². The molecule has 4 nitrogen and oxygen atoms in total. The second-order valence-corrected chi connectivity index (χ2v) is 10.8. The van der Waals surface area contributed by atoms with Gasteiger partial charge in [0.2, 0.25) is 0 Å². The van der Waals surface area contributed by atoms with E-state index in [9.17, 15) is 9.59 Å². The van der Waals surface area contributed by atoms with Gasteiger partial charge in [-0.05, 0) is 6.42 Å². The summed E-state index contributed by atoms with van der Waals surface area (Å²) >= 11 is -1.65. The van der Waals surface area contributed by atoms with Crippen molar-refractivity contribution in [2.75, 3.05) is 13.1 Å². The van der Waals surface area contributed by atoms with Gasteiger partial charge in [0.25, 0.3) is 0 Å². The molecule has 1 aliphatic carbocycles. The molecular formula is C11H16Cl4N2O2Zr2. The third kappa shape index (κ3) is 11.7. The van der Waals surface area contributed by atoms with Crippen LogP contribution in [0.3, 0.4) is 0 Å². The fraction of sp³-hybridized carbons (Fsp3) is 0.455. The average Bonchev–Trinajstić information content (AvgIpc) is 2.84. The molecule has 1 saturated carbocycles. The number of nitrogens with zero attached hydrogens (tertiary/aromatic N) is 2. The number of Topliss-reactive ketones (excluding diaryl/α,β-unsaturated/α-hetero) is 2. The zero-order chi connectivity index (χ0) is 14.7. The van der Waals surface area contributed by atoms with Crippen molar-refractivity contribution in [1.29, 1.82) is 0 Å². The molecule has 0 aromatic carbocycles. The van der Waals surface area contributed by atoms with Gasteiger partial charge in [-0.1, -0.05) is 0 Å². The van der Waals surface area contributed by atoms with Crippen molar-refractivity contribution in [3.8, 4) is 0 Å². The Morgan fingerprint density at radius 1 is 0.810 bits per heavy atom. The zero-order valence-corrected chi connectivity index (χ0v) is 19.7. The van der Waals surface area contributed by atoms with Crippen LogP contribution < -0.4 is 0 Å². The van der Waals surface area contributed by atoms with Gasteiger partial charge in [-0.3, -0.25) is 15.4 Å². The molecule has 1 saturated heterocycles. The molecule has 0 aromatic rings. The molecule has 0 aromatic heterocycles. The Morgan fingerprint density at radius 3 is 1.48 bits per heavy atom. The Balaban J connectivity index is -0.000000355. The van der Waals surface area contributed by atoms with Gasteiger partial charge in [0.15, 0.2) is 11.6 Å². The van der Waals surface area contributed by atoms with Crippen LogP contribution in [0.1, 0.15) is 19.3 Å². The Kier molecular flexibility index (Phi) is 23.5. The van der Waals surface area contributed by atoms with Crippen LogP contribution in [0.2, 0.25) is 0 Å². The number of rotatable bonds is 0. The molecular weight excluding hydrogens is 516 g/mol. The molecule has 0 spiro atoms. The first-order valence-electron chi connectivity index (χ1n) is 5.20. The molecule has 0 radical (unpaired) electrons. The van der Waals surface area contributed by atoms with E-state index in [4.69, 9.17) is 34.1 Å². The summed E-state index contributed by atoms with van der Waals surface area (Å²) in [5.41, 5.74) is 0.253. The molecule has 2 rings (SSSR count). The minimum atomic E-state index is -0.826. The van der Waals surface area contributed by atoms with Crippen molar-refractivity contribution in [3.63, 3.8) is 0 Å². The first-order chi connectivity index (χ1) is 9.12. The summed E-state index contributed by atoms with van der Waals surface area (Å²) in [7, 11) is 19.7. The maximum atomic E-state index is 11.4. The van der Waals surface area contributed by atoms with Crippen LogP contribution in [0.4, 0.5) is 0 Å². The molecule has 2 fully saturated rings. The third-order valence-corrected chi connectivity index (χ3v) is 2.21. The summed E-state index contributed by atoms with van der Waals surface area (Å²) in [6, 6.07) is 0. The van der Waals surface area contributed by atoms with E-state index >= 15 is 0 Å². The van der Waals surface area contributed by atoms with Gasteiger partial charge in [-0.2, -0.15) is 0 Å². The van der Waals surface area contributed by atoms with Crippen LogP contribution >= 0.6 is 34.1 Å². The van der Waals surface area contributed by atoms with E-state index < -0.39 is 41.7 Å². The first kappa shape index (κ1) is 27.5. The van der Waals surface area contributed by atoms with Gasteiger partial charge < -0.3 is 25.5 Å². The van der Waals surface area contributed by atoms with Crippen LogP contribution in [-0.2, 0) is 51.3 Å². The molecule has 10 heteroatoms. The normalized spacial score (nSPS) is 15.2. The van der Waals surface area contributed by atoms with Crippen LogP contribution in [0.25, 0.3) is 10.6 Å². The average molecular weight is 533 g/mol. The standard InChI is InChI=1S/C9H11N2O2.2CH3.4ClH.2Zr/c12-6-2-1-3-7(13)8(6)9-10-4-5-11-9;;;;;;;;/h1-5H2,(H-,10,11,12,13);2*1H3;4*1H;;/q3*-1;;;;;2*+4/p-5. The Bertz CT molecular complexity index is 316.